The Hall–Kier alpha value is -3.40. The van der Waals surface area contributed by atoms with Gasteiger partial charge in [0.2, 0.25) is 5.89 Å². The first kappa shape index (κ1) is 17.0. The molecular formula is C23H20N2O2. The Morgan fingerprint density at radius 2 is 1.78 bits per heavy atom. The van der Waals surface area contributed by atoms with Gasteiger partial charge in [-0.05, 0) is 74.0 Å². The third kappa shape index (κ3) is 3.90. The van der Waals surface area contributed by atoms with Crippen LogP contribution >= 0.6 is 0 Å². The maximum atomic E-state index is 5.87. The topological polar surface area (TPSA) is 47.6 Å². The zero-order chi connectivity index (χ0) is 18.6. The van der Waals surface area contributed by atoms with Gasteiger partial charge in [0.05, 0.1) is 12.3 Å². The van der Waals surface area contributed by atoms with Gasteiger partial charge in [0.1, 0.15) is 11.3 Å². The van der Waals surface area contributed by atoms with Gasteiger partial charge in [-0.2, -0.15) is 0 Å². The number of ether oxygens (including phenoxy) is 1. The molecule has 0 saturated heterocycles. The number of aromatic nitrogens is 1. The largest absolute Gasteiger partial charge is 0.494 e. The summed E-state index contributed by atoms with van der Waals surface area (Å²) in [5, 5.41) is 0. The summed E-state index contributed by atoms with van der Waals surface area (Å²) in [7, 11) is 0. The van der Waals surface area contributed by atoms with Gasteiger partial charge in [-0.25, -0.2) is 4.98 Å². The second-order valence-corrected chi connectivity index (χ2v) is 6.30. The van der Waals surface area contributed by atoms with E-state index in [0.717, 1.165) is 33.7 Å². The summed E-state index contributed by atoms with van der Waals surface area (Å²) in [6.07, 6.45) is 1.83. The number of fused-ring (bicyclic) bond motifs is 1. The number of aliphatic imine (C=N–C) groups is 1. The van der Waals surface area contributed by atoms with Crippen LogP contribution in [0.3, 0.4) is 0 Å². The molecule has 0 radical (unpaired) electrons. The second-order valence-electron chi connectivity index (χ2n) is 6.30. The van der Waals surface area contributed by atoms with Crippen LogP contribution in [0, 0.1) is 6.92 Å². The summed E-state index contributed by atoms with van der Waals surface area (Å²) in [6, 6.07) is 21.8. The predicted molar refractivity (Wildman–Crippen MR) is 109 cm³/mol. The Morgan fingerprint density at radius 1 is 1.00 bits per heavy atom. The van der Waals surface area contributed by atoms with Crippen molar-refractivity contribution in [2.24, 2.45) is 4.99 Å². The molecule has 0 aliphatic rings. The Bertz CT molecular complexity index is 1080. The Labute approximate surface area is 158 Å². The van der Waals surface area contributed by atoms with E-state index in [-0.39, 0.29) is 0 Å². The van der Waals surface area contributed by atoms with Crippen molar-refractivity contribution >= 4 is 23.0 Å². The number of benzene rings is 3. The fourth-order valence-electron chi connectivity index (χ4n) is 2.78. The molecule has 4 rings (SSSR count). The molecule has 1 aromatic heterocycles. The summed E-state index contributed by atoms with van der Waals surface area (Å²) >= 11 is 0. The fraction of sp³-hybridized carbons (Fsp3) is 0.130. The van der Waals surface area contributed by atoms with Crippen LogP contribution < -0.4 is 4.74 Å². The summed E-state index contributed by atoms with van der Waals surface area (Å²) in [5.74, 6) is 1.49. The monoisotopic (exact) mass is 356 g/mol. The predicted octanol–water partition coefficient (Wildman–Crippen LogP) is 5.95. The minimum absolute atomic E-state index is 0.623. The number of aryl methyl sites for hydroxylation is 1. The van der Waals surface area contributed by atoms with Gasteiger partial charge >= 0.3 is 0 Å². The molecule has 0 unspecified atom stereocenters. The quantitative estimate of drug-likeness (QED) is 0.415. The molecule has 0 atom stereocenters. The SMILES string of the molecule is CCOc1ccc(C=Nc2ccc3oc(-c4ccc(C)cc4)nc3c2)cc1. The van der Waals surface area contributed by atoms with Crippen molar-refractivity contribution in [1.29, 1.82) is 0 Å². The number of rotatable bonds is 5. The highest BCUT2D eigenvalue weighted by atomic mass is 16.5. The molecule has 0 aliphatic heterocycles. The van der Waals surface area contributed by atoms with Crippen molar-refractivity contribution in [3.8, 4) is 17.2 Å². The lowest BCUT2D eigenvalue weighted by Gasteiger charge is -2.02. The molecule has 4 aromatic rings. The highest BCUT2D eigenvalue weighted by Gasteiger charge is 2.08. The number of hydrogen-bond donors (Lipinski definition) is 0. The standard InChI is InChI=1S/C23H20N2O2/c1-3-26-20-11-6-17(7-12-20)15-24-19-10-13-22-21(14-19)25-23(27-22)18-8-4-16(2)5-9-18/h4-15H,3H2,1-2H3. The molecule has 0 spiro atoms. The fourth-order valence-corrected chi connectivity index (χ4v) is 2.78. The molecular weight excluding hydrogens is 336 g/mol. The third-order valence-corrected chi connectivity index (χ3v) is 4.22. The Morgan fingerprint density at radius 3 is 2.52 bits per heavy atom. The molecule has 1 heterocycles. The molecule has 27 heavy (non-hydrogen) atoms. The normalized spacial score (nSPS) is 11.3. The van der Waals surface area contributed by atoms with Crippen LogP contribution in [-0.2, 0) is 0 Å². The zero-order valence-electron chi connectivity index (χ0n) is 15.3. The minimum Gasteiger partial charge on any atom is -0.494 e. The average Bonchev–Trinajstić information content (AvgIpc) is 3.11. The van der Waals surface area contributed by atoms with E-state index in [1.54, 1.807) is 0 Å². The lowest BCUT2D eigenvalue weighted by Crippen LogP contribution is -1.91. The van der Waals surface area contributed by atoms with E-state index in [4.69, 9.17) is 9.15 Å². The van der Waals surface area contributed by atoms with E-state index in [0.29, 0.717) is 12.5 Å². The van der Waals surface area contributed by atoms with E-state index in [2.05, 4.69) is 29.0 Å². The summed E-state index contributed by atoms with van der Waals surface area (Å²) in [4.78, 5) is 9.15. The van der Waals surface area contributed by atoms with E-state index in [9.17, 15) is 0 Å². The summed E-state index contributed by atoms with van der Waals surface area (Å²) in [6.45, 7) is 4.69. The summed E-state index contributed by atoms with van der Waals surface area (Å²) in [5.41, 5.74) is 5.58. The molecule has 4 nitrogen and oxygen atoms in total. The van der Waals surface area contributed by atoms with Gasteiger partial charge in [0.15, 0.2) is 5.58 Å². The second kappa shape index (κ2) is 7.46. The number of hydrogen-bond acceptors (Lipinski definition) is 4. The van der Waals surface area contributed by atoms with Gasteiger partial charge in [-0.15, -0.1) is 0 Å². The smallest absolute Gasteiger partial charge is 0.227 e. The number of oxazole rings is 1. The molecule has 4 heteroatoms. The molecule has 0 N–H and O–H groups in total. The Kier molecular flexibility index (Phi) is 4.71. The van der Waals surface area contributed by atoms with E-state index < -0.39 is 0 Å². The minimum atomic E-state index is 0.623. The van der Waals surface area contributed by atoms with Crippen LogP contribution in [0.25, 0.3) is 22.6 Å². The molecule has 0 bridgehead atoms. The van der Waals surface area contributed by atoms with Gasteiger partial charge in [0.25, 0.3) is 0 Å². The first-order chi connectivity index (χ1) is 13.2. The summed E-state index contributed by atoms with van der Waals surface area (Å²) < 4.78 is 11.3. The van der Waals surface area contributed by atoms with Crippen LogP contribution in [0.1, 0.15) is 18.1 Å². The van der Waals surface area contributed by atoms with Crippen LogP contribution in [0.2, 0.25) is 0 Å². The van der Waals surface area contributed by atoms with Crippen LogP contribution in [0.5, 0.6) is 5.75 Å². The van der Waals surface area contributed by atoms with Gasteiger partial charge < -0.3 is 9.15 Å². The van der Waals surface area contributed by atoms with Crippen molar-refractivity contribution in [3.63, 3.8) is 0 Å². The highest BCUT2D eigenvalue weighted by Crippen LogP contribution is 2.27. The zero-order valence-corrected chi connectivity index (χ0v) is 15.3. The maximum Gasteiger partial charge on any atom is 0.227 e. The molecule has 134 valence electrons. The number of nitrogens with zero attached hydrogens (tertiary/aromatic N) is 2. The van der Waals surface area contributed by atoms with Gasteiger partial charge in [0, 0.05) is 11.8 Å². The van der Waals surface area contributed by atoms with E-state index in [1.807, 2.05) is 67.7 Å². The average molecular weight is 356 g/mol. The maximum absolute atomic E-state index is 5.87. The van der Waals surface area contributed by atoms with Crippen LogP contribution in [-0.4, -0.2) is 17.8 Å². The molecule has 0 fully saturated rings. The lowest BCUT2D eigenvalue weighted by molar-refractivity contribution is 0.340. The van der Waals surface area contributed by atoms with Crippen LogP contribution in [0.4, 0.5) is 5.69 Å². The first-order valence-electron chi connectivity index (χ1n) is 8.96. The van der Waals surface area contributed by atoms with Crippen LogP contribution in [0.15, 0.2) is 76.1 Å². The van der Waals surface area contributed by atoms with Crippen molar-refractivity contribution in [1.82, 2.24) is 4.98 Å². The van der Waals surface area contributed by atoms with Crippen molar-refractivity contribution in [2.75, 3.05) is 6.61 Å². The van der Waals surface area contributed by atoms with Gasteiger partial charge in [-0.1, -0.05) is 17.7 Å². The lowest BCUT2D eigenvalue weighted by atomic mass is 10.1. The van der Waals surface area contributed by atoms with Crippen molar-refractivity contribution in [2.45, 2.75) is 13.8 Å². The third-order valence-electron chi connectivity index (χ3n) is 4.22. The van der Waals surface area contributed by atoms with Crippen molar-refractivity contribution < 1.29 is 9.15 Å². The molecule has 0 aliphatic carbocycles. The Balaban J connectivity index is 1.56. The molecule has 0 amide bonds. The first-order valence-corrected chi connectivity index (χ1v) is 8.96. The highest BCUT2D eigenvalue weighted by molar-refractivity contribution is 5.84. The van der Waals surface area contributed by atoms with Gasteiger partial charge in [-0.3, -0.25) is 4.99 Å². The van der Waals surface area contributed by atoms with E-state index in [1.165, 1.54) is 5.56 Å². The molecule has 0 saturated carbocycles. The van der Waals surface area contributed by atoms with Crippen molar-refractivity contribution in [3.05, 3.63) is 77.9 Å². The van der Waals surface area contributed by atoms with E-state index >= 15 is 0 Å². The molecule has 3 aromatic carbocycles.